The maximum atomic E-state index is 14.0. The first kappa shape index (κ1) is 23.5. The van der Waals surface area contributed by atoms with Gasteiger partial charge in [0.15, 0.2) is 0 Å². The second kappa shape index (κ2) is 10.6. The summed E-state index contributed by atoms with van der Waals surface area (Å²) >= 11 is 0. The van der Waals surface area contributed by atoms with E-state index in [-0.39, 0.29) is 18.9 Å². The molecule has 0 unspecified atom stereocenters. The van der Waals surface area contributed by atoms with Gasteiger partial charge in [-0.2, -0.15) is 0 Å². The predicted molar refractivity (Wildman–Crippen MR) is 137 cm³/mol. The van der Waals surface area contributed by atoms with Crippen molar-refractivity contribution >= 4 is 11.9 Å². The van der Waals surface area contributed by atoms with Crippen LogP contribution in [0, 0.1) is 0 Å². The van der Waals surface area contributed by atoms with Crippen LogP contribution in [-0.2, 0) is 35.5 Å². The monoisotopic (exact) mass is 479 g/mol. The van der Waals surface area contributed by atoms with Crippen molar-refractivity contribution in [2.45, 2.75) is 44.3 Å². The van der Waals surface area contributed by atoms with E-state index in [4.69, 9.17) is 0 Å². The Kier molecular flexibility index (Phi) is 6.94. The molecule has 0 radical (unpaired) electrons. The molecule has 1 atom stereocenters. The van der Waals surface area contributed by atoms with Crippen LogP contribution in [-0.4, -0.2) is 37.5 Å². The maximum Gasteiger partial charge on any atom is 0.326 e. The van der Waals surface area contributed by atoms with Gasteiger partial charge < -0.3 is 14.6 Å². The normalized spacial score (nSPS) is 15.0. The largest absolute Gasteiger partial charge is 0.480 e. The highest BCUT2D eigenvalue weighted by atomic mass is 16.4. The number of benzene rings is 3. The number of imidazole rings is 1. The Bertz CT molecular complexity index is 1280. The van der Waals surface area contributed by atoms with Gasteiger partial charge in [0.05, 0.1) is 24.5 Å². The van der Waals surface area contributed by atoms with Crippen LogP contribution in [0.4, 0.5) is 0 Å². The van der Waals surface area contributed by atoms with Crippen molar-refractivity contribution in [1.82, 2.24) is 14.5 Å². The number of carboxylic acid groups (broad SMARTS) is 1. The number of aliphatic carboxylic acids is 1. The lowest BCUT2D eigenvalue weighted by Crippen LogP contribution is -2.50. The summed E-state index contributed by atoms with van der Waals surface area (Å²) in [6, 6.07) is 28.5. The number of nitrogens with zero attached hydrogens (tertiary/aromatic N) is 3. The fourth-order valence-corrected chi connectivity index (χ4v) is 5.06. The topological polar surface area (TPSA) is 75.4 Å². The number of aryl methyl sites for hydroxylation is 2. The summed E-state index contributed by atoms with van der Waals surface area (Å²) < 4.78 is 2.06. The molecular weight excluding hydrogens is 450 g/mol. The van der Waals surface area contributed by atoms with Crippen molar-refractivity contribution in [3.8, 4) is 0 Å². The van der Waals surface area contributed by atoms with Crippen molar-refractivity contribution in [2.24, 2.45) is 0 Å². The van der Waals surface area contributed by atoms with Gasteiger partial charge in [0.25, 0.3) is 0 Å². The number of amides is 1. The summed E-state index contributed by atoms with van der Waals surface area (Å²) in [5.41, 5.74) is 4.65. The number of rotatable bonds is 8. The van der Waals surface area contributed by atoms with Gasteiger partial charge in [0, 0.05) is 18.7 Å². The third-order valence-electron chi connectivity index (χ3n) is 6.90. The van der Waals surface area contributed by atoms with E-state index in [0.717, 1.165) is 41.9 Å². The molecule has 0 aliphatic carbocycles. The minimum absolute atomic E-state index is 0.187. The molecule has 1 N–H and O–H groups in total. The molecule has 182 valence electrons. The average Bonchev–Trinajstić information content (AvgIpc) is 3.32. The van der Waals surface area contributed by atoms with Gasteiger partial charge in [-0.1, -0.05) is 91.0 Å². The Labute approximate surface area is 210 Å². The second-order valence-electron chi connectivity index (χ2n) is 9.20. The molecule has 0 spiro atoms. The lowest BCUT2D eigenvalue weighted by atomic mass is 9.88. The van der Waals surface area contributed by atoms with Crippen LogP contribution in [0.15, 0.2) is 97.3 Å². The van der Waals surface area contributed by atoms with Gasteiger partial charge >= 0.3 is 5.97 Å². The van der Waals surface area contributed by atoms with E-state index < -0.39 is 17.9 Å². The SMILES string of the molecule is O=C(O)[C@@H]1Cc2c(ncn2CCCc2ccccc2)CN1C(=O)C(c1ccccc1)c1ccccc1. The minimum Gasteiger partial charge on any atom is -0.480 e. The van der Waals surface area contributed by atoms with Gasteiger partial charge in [0.1, 0.15) is 6.04 Å². The van der Waals surface area contributed by atoms with E-state index in [1.54, 1.807) is 6.33 Å². The van der Waals surface area contributed by atoms with Crippen LogP contribution in [0.3, 0.4) is 0 Å². The van der Waals surface area contributed by atoms with Crippen LogP contribution in [0.1, 0.15) is 40.4 Å². The first-order valence-electron chi connectivity index (χ1n) is 12.3. The van der Waals surface area contributed by atoms with E-state index in [0.29, 0.717) is 0 Å². The number of carbonyl (C=O) groups excluding carboxylic acids is 1. The van der Waals surface area contributed by atoms with E-state index in [1.807, 2.05) is 78.9 Å². The fraction of sp³-hybridized carbons (Fsp3) is 0.233. The zero-order chi connectivity index (χ0) is 24.9. The van der Waals surface area contributed by atoms with Crippen LogP contribution in [0.5, 0.6) is 0 Å². The molecule has 36 heavy (non-hydrogen) atoms. The smallest absolute Gasteiger partial charge is 0.326 e. The van der Waals surface area contributed by atoms with Gasteiger partial charge in [-0.25, -0.2) is 9.78 Å². The highest BCUT2D eigenvalue weighted by molar-refractivity contribution is 5.91. The van der Waals surface area contributed by atoms with Gasteiger partial charge in [-0.05, 0) is 29.5 Å². The molecule has 0 bridgehead atoms. The van der Waals surface area contributed by atoms with E-state index in [9.17, 15) is 14.7 Å². The average molecular weight is 480 g/mol. The summed E-state index contributed by atoms with van der Waals surface area (Å²) in [6.07, 6.45) is 3.90. The Balaban J connectivity index is 1.40. The van der Waals surface area contributed by atoms with Crippen molar-refractivity contribution in [3.05, 3.63) is 125 Å². The van der Waals surface area contributed by atoms with Crippen molar-refractivity contribution in [2.75, 3.05) is 0 Å². The summed E-state index contributed by atoms with van der Waals surface area (Å²) in [6.45, 7) is 0.946. The third kappa shape index (κ3) is 4.93. The molecule has 6 heteroatoms. The highest BCUT2D eigenvalue weighted by Gasteiger charge is 2.40. The molecule has 0 saturated carbocycles. The van der Waals surface area contributed by atoms with Crippen molar-refractivity contribution in [1.29, 1.82) is 0 Å². The molecule has 5 rings (SSSR count). The van der Waals surface area contributed by atoms with Gasteiger partial charge in [0.2, 0.25) is 5.91 Å². The van der Waals surface area contributed by atoms with E-state index in [1.165, 1.54) is 10.5 Å². The Hall–Kier alpha value is -4.19. The first-order chi connectivity index (χ1) is 17.6. The Morgan fingerprint density at radius 3 is 2.06 bits per heavy atom. The number of carbonyl (C=O) groups is 2. The lowest BCUT2D eigenvalue weighted by molar-refractivity contribution is -0.151. The number of fused-ring (bicyclic) bond motifs is 1. The first-order valence-corrected chi connectivity index (χ1v) is 12.3. The highest BCUT2D eigenvalue weighted by Crippen LogP contribution is 2.31. The van der Waals surface area contributed by atoms with Crippen molar-refractivity contribution in [3.63, 3.8) is 0 Å². The summed E-state index contributed by atoms with van der Waals surface area (Å²) in [5, 5.41) is 10.1. The molecule has 1 aromatic heterocycles. The molecule has 4 aromatic rings. The van der Waals surface area contributed by atoms with Crippen LogP contribution in [0.2, 0.25) is 0 Å². The second-order valence-corrected chi connectivity index (χ2v) is 9.20. The zero-order valence-corrected chi connectivity index (χ0v) is 20.0. The van der Waals surface area contributed by atoms with Gasteiger partial charge in [-0.3, -0.25) is 4.79 Å². The van der Waals surface area contributed by atoms with Gasteiger partial charge in [-0.15, -0.1) is 0 Å². The van der Waals surface area contributed by atoms with Crippen molar-refractivity contribution < 1.29 is 14.7 Å². The molecule has 1 aliphatic rings. The lowest BCUT2D eigenvalue weighted by Gasteiger charge is -2.35. The Morgan fingerprint density at radius 2 is 1.47 bits per heavy atom. The Morgan fingerprint density at radius 1 is 0.889 bits per heavy atom. The van der Waals surface area contributed by atoms with Crippen LogP contribution >= 0.6 is 0 Å². The van der Waals surface area contributed by atoms with Crippen LogP contribution in [0.25, 0.3) is 0 Å². The predicted octanol–water partition coefficient (Wildman–Crippen LogP) is 4.69. The molecule has 3 aromatic carbocycles. The third-order valence-corrected chi connectivity index (χ3v) is 6.90. The molecule has 1 aliphatic heterocycles. The quantitative estimate of drug-likeness (QED) is 0.398. The molecule has 0 saturated heterocycles. The van der Waals surface area contributed by atoms with E-state index in [2.05, 4.69) is 21.7 Å². The fourth-order valence-electron chi connectivity index (χ4n) is 5.06. The summed E-state index contributed by atoms with van der Waals surface area (Å²) in [4.78, 5) is 32.5. The maximum absolute atomic E-state index is 14.0. The molecule has 2 heterocycles. The van der Waals surface area contributed by atoms with Crippen LogP contribution < -0.4 is 0 Å². The molecule has 6 nitrogen and oxygen atoms in total. The summed E-state index contributed by atoms with van der Waals surface area (Å²) in [7, 11) is 0. The summed E-state index contributed by atoms with van der Waals surface area (Å²) in [5.74, 6) is -1.79. The zero-order valence-electron chi connectivity index (χ0n) is 20.0. The number of carboxylic acids is 1. The molecule has 0 fully saturated rings. The molecule has 1 amide bonds. The van der Waals surface area contributed by atoms with E-state index >= 15 is 0 Å². The number of hydrogen-bond donors (Lipinski definition) is 1. The minimum atomic E-state index is -0.995. The standard InChI is InChI=1S/C30H29N3O3/c34-29(28(23-14-6-2-7-15-23)24-16-8-3-9-17-24)33-20-25-26(19-27(33)30(35)36)32(21-31-25)18-10-13-22-11-4-1-5-12-22/h1-9,11-12,14-17,21,27-28H,10,13,18-20H2,(H,35,36)/t27-/m0/s1. The number of hydrogen-bond acceptors (Lipinski definition) is 3. The molecular formula is C30H29N3O3. The number of aromatic nitrogens is 2.